The maximum absolute atomic E-state index is 6.49. The number of ether oxygens (including phenoxy) is 2. The molecule has 0 heterocycles. The molecule has 0 spiro atoms. The Labute approximate surface area is 222 Å². The maximum atomic E-state index is 6.49. The normalized spacial score (nSPS) is 14.0. The fraction of sp³-hybridized carbons (Fsp3) is 1.00. The summed E-state index contributed by atoms with van der Waals surface area (Å²) in [5.74, 6) is 0. The Morgan fingerprint density at radius 2 is 1.00 bits per heavy atom. The molecular formula is C31H68N2O2+2. The third-order valence-electron chi connectivity index (χ3n) is 7.60. The van der Waals surface area contributed by atoms with Gasteiger partial charge in [0.15, 0.2) is 0 Å². The van der Waals surface area contributed by atoms with E-state index in [0.717, 1.165) is 41.8 Å². The van der Waals surface area contributed by atoms with Crippen molar-refractivity contribution in [3.05, 3.63) is 0 Å². The van der Waals surface area contributed by atoms with Gasteiger partial charge in [-0.3, -0.25) is 0 Å². The highest BCUT2D eigenvalue weighted by atomic mass is 16.5. The van der Waals surface area contributed by atoms with Crippen LogP contribution in [0.3, 0.4) is 0 Å². The van der Waals surface area contributed by atoms with Crippen molar-refractivity contribution in [2.24, 2.45) is 5.41 Å². The molecule has 0 aliphatic heterocycles. The second-order valence-corrected chi connectivity index (χ2v) is 13.2. The molecule has 4 nitrogen and oxygen atoms in total. The summed E-state index contributed by atoms with van der Waals surface area (Å²) in [5.41, 5.74) is 0.0760. The molecule has 212 valence electrons. The Bertz CT molecular complexity index is 448. The summed E-state index contributed by atoms with van der Waals surface area (Å²) in [6.45, 7) is 11.6. The van der Waals surface area contributed by atoms with Gasteiger partial charge in [0.25, 0.3) is 0 Å². The van der Waals surface area contributed by atoms with Gasteiger partial charge in [-0.1, -0.05) is 85.0 Å². The van der Waals surface area contributed by atoms with E-state index < -0.39 is 0 Å². The third-order valence-corrected chi connectivity index (χ3v) is 7.60. The van der Waals surface area contributed by atoms with E-state index in [2.05, 4.69) is 63.1 Å². The van der Waals surface area contributed by atoms with Gasteiger partial charge in [0, 0.05) is 13.2 Å². The smallest absolute Gasteiger partial charge is 0.0983 e. The van der Waals surface area contributed by atoms with Gasteiger partial charge in [-0.15, -0.1) is 0 Å². The second kappa shape index (κ2) is 19.9. The van der Waals surface area contributed by atoms with Crippen LogP contribution in [-0.2, 0) is 9.47 Å². The first-order valence-electron chi connectivity index (χ1n) is 15.3. The van der Waals surface area contributed by atoms with E-state index in [0.29, 0.717) is 6.04 Å². The molecule has 0 N–H and O–H groups in total. The van der Waals surface area contributed by atoms with E-state index >= 15 is 0 Å². The number of quaternary nitrogens is 2. The Hall–Kier alpha value is -0.160. The lowest BCUT2D eigenvalue weighted by Crippen LogP contribution is -2.58. The van der Waals surface area contributed by atoms with Gasteiger partial charge < -0.3 is 18.4 Å². The van der Waals surface area contributed by atoms with Crippen molar-refractivity contribution < 1.29 is 18.4 Å². The SMILES string of the molecule is CCCCCCCCOCC(CCC[N+](C)(C)C)(COCCCCCCCC)C(CC)[N+](C)(C)C. The van der Waals surface area contributed by atoms with Gasteiger partial charge in [0.2, 0.25) is 0 Å². The third kappa shape index (κ3) is 17.8. The van der Waals surface area contributed by atoms with E-state index in [1.807, 2.05) is 0 Å². The molecule has 0 aliphatic rings. The van der Waals surface area contributed by atoms with Crippen molar-refractivity contribution in [1.29, 1.82) is 0 Å². The Balaban J connectivity index is 5.16. The first kappa shape index (κ1) is 34.8. The molecule has 0 aromatic rings. The average molecular weight is 501 g/mol. The van der Waals surface area contributed by atoms with Gasteiger partial charge in [-0.2, -0.15) is 0 Å². The number of rotatable bonds is 25. The number of nitrogens with zero attached hydrogens (tertiary/aromatic N) is 2. The van der Waals surface area contributed by atoms with Gasteiger partial charge >= 0.3 is 0 Å². The van der Waals surface area contributed by atoms with E-state index in [9.17, 15) is 0 Å². The van der Waals surface area contributed by atoms with E-state index in [-0.39, 0.29) is 5.41 Å². The van der Waals surface area contributed by atoms with Crippen LogP contribution in [-0.4, -0.2) is 90.3 Å². The van der Waals surface area contributed by atoms with E-state index in [1.54, 1.807) is 0 Å². The van der Waals surface area contributed by atoms with Crippen LogP contribution < -0.4 is 0 Å². The molecule has 1 unspecified atom stereocenters. The van der Waals surface area contributed by atoms with Gasteiger partial charge in [0.05, 0.1) is 73.5 Å². The van der Waals surface area contributed by atoms with Crippen LogP contribution in [0.4, 0.5) is 0 Å². The average Bonchev–Trinajstić information content (AvgIpc) is 2.76. The monoisotopic (exact) mass is 501 g/mol. The van der Waals surface area contributed by atoms with Crippen molar-refractivity contribution in [2.75, 3.05) is 75.3 Å². The summed E-state index contributed by atoms with van der Waals surface area (Å²) >= 11 is 0. The number of unbranched alkanes of at least 4 members (excludes halogenated alkanes) is 10. The minimum atomic E-state index is 0.0760. The van der Waals surface area contributed by atoms with Crippen LogP contribution in [0.5, 0.6) is 0 Å². The second-order valence-electron chi connectivity index (χ2n) is 13.2. The molecule has 0 bridgehead atoms. The maximum Gasteiger partial charge on any atom is 0.0983 e. The highest BCUT2D eigenvalue weighted by Crippen LogP contribution is 2.37. The predicted molar refractivity (Wildman–Crippen MR) is 155 cm³/mol. The highest BCUT2D eigenvalue weighted by Gasteiger charge is 2.46. The van der Waals surface area contributed by atoms with Crippen molar-refractivity contribution in [2.45, 2.75) is 123 Å². The molecule has 0 saturated heterocycles. The lowest BCUT2D eigenvalue weighted by molar-refractivity contribution is -0.905. The van der Waals surface area contributed by atoms with Crippen molar-refractivity contribution >= 4 is 0 Å². The minimum absolute atomic E-state index is 0.0760. The van der Waals surface area contributed by atoms with Crippen LogP contribution in [0, 0.1) is 5.41 Å². The summed E-state index contributed by atoms with van der Waals surface area (Å²) in [5, 5.41) is 0. The van der Waals surface area contributed by atoms with Crippen molar-refractivity contribution in [3.8, 4) is 0 Å². The molecule has 0 rings (SSSR count). The van der Waals surface area contributed by atoms with Gasteiger partial charge in [-0.05, 0) is 32.1 Å². The summed E-state index contributed by atoms with van der Waals surface area (Å²) in [6.07, 6.45) is 19.4. The quantitative estimate of drug-likeness (QED) is 0.0944. The summed E-state index contributed by atoms with van der Waals surface area (Å²) in [6, 6.07) is 0.532. The van der Waals surface area contributed by atoms with Gasteiger partial charge in [-0.25, -0.2) is 0 Å². The van der Waals surface area contributed by atoms with E-state index in [1.165, 1.54) is 96.4 Å². The molecule has 0 amide bonds. The molecule has 0 fully saturated rings. The van der Waals surface area contributed by atoms with Gasteiger partial charge in [0.1, 0.15) is 0 Å². The number of hydrogen-bond donors (Lipinski definition) is 0. The zero-order valence-electron chi connectivity index (χ0n) is 25.9. The van der Waals surface area contributed by atoms with Crippen molar-refractivity contribution in [1.82, 2.24) is 0 Å². The molecule has 1 atom stereocenters. The summed E-state index contributed by atoms with van der Waals surface area (Å²) in [4.78, 5) is 0. The summed E-state index contributed by atoms with van der Waals surface area (Å²) < 4.78 is 15.0. The van der Waals surface area contributed by atoms with Crippen molar-refractivity contribution in [3.63, 3.8) is 0 Å². The Morgan fingerprint density at radius 3 is 1.37 bits per heavy atom. The standard InChI is InChI=1S/C31H68N2O2/c1-10-13-15-17-19-21-26-34-28-31(24-23-25-32(4,5)6,30(12-3)33(7,8)9)29-35-27-22-20-18-16-14-11-2/h30H,10-29H2,1-9H3/q+2. The van der Waals surface area contributed by atoms with Crippen LogP contribution in [0.1, 0.15) is 117 Å². The first-order valence-corrected chi connectivity index (χ1v) is 15.3. The largest absolute Gasteiger partial charge is 0.381 e. The topological polar surface area (TPSA) is 18.5 Å². The zero-order chi connectivity index (χ0) is 26.6. The zero-order valence-corrected chi connectivity index (χ0v) is 25.9. The summed E-state index contributed by atoms with van der Waals surface area (Å²) in [7, 11) is 14.0. The molecule has 0 aliphatic carbocycles. The highest BCUT2D eigenvalue weighted by molar-refractivity contribution is 4.88. The fourth-order valence-corrected chi connectivity index (χ4v) is 5.77. The van der Waals surface area contributed by atoms with Crippen LogP contribution in [0.15, 0.2) is 0 Å². The van der Waals surface area contributed by atoms with Crippen LogP contribution >= 0.6 is 0 Å². The molecular weight excluding hydrogens is 432 g/mol. The fourth-order valence-electron chi connectivity index (χ4n) is 5.77. The molecule has 35 heavy (non-hydrogen) atoms. The molecule has 0 saturated carbocycles. The lowest BCUT2D eigenvalue weighted by Gasteiger charge is -2.47. The number of hydrogen-bond acceptors (Lipinski definition) is 2. The lowest BCUT2D eigenvalue weighted by atomic mass is 9.74. The molecule has 4 heteroatoms. The first-order chi connectivity index (χ1) is 16.5. The Kier molecular flexibility index (Phi) is 19.8. The molecule has 0 radical (unpaired) electrons. The molecule has 0 aromatic carbocycles. The van der Waals surface area contributed by atoms with Crippen LogP contribution in [0.25, 0.3) is 0 Å². The van der Waals surface area contributed by atoms with Crippen LogP contribution in [0.2, 0.25) is 0 Å². The molecule has 0 aromatic heterocycles. The van der Waals surface area contributed by atoms with E-state index in [4.69, 9.17) is 9.47 Å². The minimum Gasteiger partial charge on any atom is -0.381 e. The predicted octanol–water partition coefficient (Wildman–Crippen LogP) is 7.70. The Morgan fingerprint density at radius 1 is 0.571 bits per heavy atom.